The monoisotopic (exact) mass is 258 g/mol. The lowest BCUT2D eigenvalue weighted by Gasteiger charge is -2.05. The zero-order chi connectivity index (χ0) is 11.1. The molecule has 0 aliphatic heterocycles. The molecular weight excluding hydrogens is 240 g/mol. The second-order valence-electron chi connectivity index (χ2n) is 3.09. The van der Waals surface area contributed by atoms with Crippen LogP contribution in [0.4, 0.5) is 0 Å². The molecule has 5 heteroatoms. The highest BCUT2D eigenvalue weighted by atomic mass is 32.2. The third kappa shape index (κ3) is 5.95. The van der Waals surface area contributed by atoms with Crippen molar-refractivity contribution in [2.75, 3.05) is 6.61 Å². The van der Waals surface area contributed by atoms with Crippen molar-refractivity contribution in [1.29, 1.82) is 0 Å². The van der Waals surface area contributed by atoms with Crippen LogP contribution in [0.1, 0.15) is 19.8 Å². The van der Waals surface area contributed by atoms with E-state index in [9.17, 15) is 0 Å². The van der Waals surface area contributed by atoms with Gasteiger partial charge in [0.25, 0.3) is 0 Å². The summed E-state index contributed by atoms with van der Waals surface area (Å²) in [6, 6.07) is 7.81. The standard InChI is InChI=1S/C11H15NOS2.H3N/c1-2-3-8-13-9-4-6-10(7-5-9)15-11(12)14;/h4-7H,2-3,8H2,1H3,(H2,12,14);1H3. The number of thiocarbonyl (C=S) groups is 1. The van der Waals surface area contributed by atoms with Gasteiger partial charge in [-0.15, -0.1) is 0 Å². The Kier molecular flexibility index (Phi) is 7.97. The average molecular weight is 258 g/mol. The van der Waals surface area contributed by atoms with Gasteiger partial charge < -0.3 is 16.6 Å². The normalized spacial score (nSPS) is 9.31. The molecule has 0 heterocycles. The molecule has 0 aromatic heterocycles. The van der Waals surface area contributed by atoms with E-state index in [1.807, 2.05) is 24.3 Å². The fourth-order valence-corrected chi connectivity index (χ4v) is 1.85. The van der Waals surface area contributed by atoms with Gasteiger partial charge in [0.05, 0.1) is 6.61 Å². The molecule has 0 fully saturated rings. The summed E-state index contributed by atoms with van der Waals surface area (Å²) in [6.07, 6.45) is 2.23. The Morgan fingerprint density at radius 2 is 2.00 bits per heavy atom. The molecule has 0 radical (unpaired) electrons. The number of benzene rings is 1. The van der Waals surface area contributed by atoms with Crippen molar-refractivity contribution >= 4 is 28.3 Å². The van der Waals surface area contributed by atoms with Gasteiger partial charge in [-0.1, -0.05) is 37.3 Å². The predicted octanol–water partition coefficient (Wildman–Crippen LogP) is 3.36. The van der Waals surface area contributed by atoms with Crippen molar-refractivity contribution in [3.63, 3.8) is 0 Å². The summed E-state index contributed by atoms with van der Waals surface area (Å²) in [4.78, 5) is 1.05. The first-order chi connectivity index (χ1) is 7.22. The molecule has 16 heavy (non-hydrogen) atoms. The van der Waals surface area contributed by atoms with Gasteiger partial charge in [0.1, 0.15) is 10.1 Å². The Hall–Kier alpha value is -0.780. The van der Waals surface area contributed by atoms with E-state index in [0.29, 0.717) is 4.32 Å². The number of nitrogens with two attached hydrogens (primary N) is 1. The van der Waals surface area contributed by atoms with Gasteiger partial charge in [-0.2, -0.15) is 0 Å². The maximum atomic E-state index is 5.53. The topological polar surface area (TPSA) is 70.2 Å². The molecule has 0 spiro atoms. The van der Waals surface area contributed by atoms with Gasteiger partial charge in [-0.3, -0.25) is 0 Å². The molecule has 5 N–H and O–H groups in total. The summed E-state index contributed by atoms with van der Waals surface area (Å²) in [5.74, 6) is 0.899. The number of thioether (sulfide) groups is 1. The third-order valence-corrected chi connectivity index (χ3v) is 2.77. The van der Waals surface area contributed by atoms with Crippen LogP contribution in [0.2, 0.25) is 0 Å². The van der Waals surface area contributed by atoms with Crippen LogP contribution in [0.15, 0.2) is 29.2 Å². The minimum absolute atomic E-state index is 0. The number of rotatable bonds is 5. The van der Waals surface area contributed by atoms with Crippen molar-refractivity contribution in [2.24, 2.45) is 5.73 Å². The maximum Gasteiger partial charge on any atom is 0.135 e. The third-order valence-electron chi connectivity index (χ3n) is 1.81. The van der Waals surface area contributed by atoms with E-state index >= 15 is 0 Å². The van der Waals surface area contributed by atoms with Crippen molar-refractivity contribution in [3.8, 4) is 5.75 Å². The second-order valence-corrected chi connectivity index (χ2v) is 4.91. The summed E-state index contributed by atoms with van der Waals surface area (Å²) in [6.45, 7) is 2.92. The molecule has 0 amide bonds. The van der Waals surface area contributed by atoms with Crippen LogP contribution in [-0.2, 0) is 0 Å². The zero-order valence-corrected chi connectivity index (χ0v) is 11.1. The molecule has 90 valence electrons. The van der Waals surface area contributed by atoms with Crippen molar-refractivity contribution in [1.82, 2.24) is 6.15 Å². The number of ether oxygens (including phenoxy) is 1. The van der Waals surface area contributed by atoms with Gasteiger partial charge in [0.2, 0.25) is 0 Å². The van der Waals surface area contributed by atoms with E-state index in [2.05, 4.69) is 6.92 Å². The van der Waals surface area contributed by atoms with E-state index in [4.69, 9.17) is 22.7 Å². The van der Waals surface area contributed by atoms with E-state index < -0.39 is 0 Å². The first-order valence-corrected chi connectivity index (χ1v) is 6.15. The van der Waals surface area contributed by atoms with Gasteiger partial charge >= 0.3 is 0 Å². The Morgan fingerprint density at radius 3 is 2.50 bits per heavy atom. The van der Waals surface area contributed by atoms with E-state index in [1.54, 1.807) is 0 Å². The predicted molar refractivity (Wildman–Crippen MR) is 74.5 cm³/mol. The summed E-state index contributed by atoms with van der Waals surface area (Å²) in [5, 5.41) is 0. The Balaban J connectivity index is 0.00000225. The van der Waals surface area contributed by atoms with Crippen LogP contribution >= 0.6 is 24.0 Å². The van der Waals surface area contributed by atoms with Crippen molar-refractivity contribution < 1.29 is 4.74 Å². The van der Waals surface area contributed by atoms with Crippen molar-refractivity contribution in [3.05, 3.63) is 24.3 Å². The minimum Gasteiger partial charge on any atom is -0.494 e. The SMILES string of the molecule is CCCCOc1ccc(SC(N)=S)cc1.N. The molecule has 0 aliphatic carbocycles. The molecule has 0 saturated heterocycles. The highest BCUT2D eigenvalue weighted by Gasteiger charge is 1.97. The zero-order valence-electron chi connectivity index (χ0n) is 9.44. The molecule has 1 rings (SSSR count). The lowest BCUT2D eigenvalue weighted by molar-refractivity contribution is 0.309. The Bertz CT molecular complexity index is 314. The van der Waals surface area contributed by atoms with Gasteiger partial charge in [-0.05, 0) is 30.7 Å². The fourth-order valence-electron chi connectivity index (χ4n) is 1.05. The van der Waals surface area contributed by atoms with Crippen LogP contribution in [-0.4, -0.2) is 10.9 Å². The summed E-state index contributed by atoms with van der Waals surface area (Å²) >= 11 is 6.19. The largest absolute Gasteiger partial charge is 0.494 e. The molecule has 0 unspecified atom stereocenters. The lowest BCUT2D eigenvalue weighted by atomic mass is 10.3. The van der Waals surface area contributed by atoms with Crippen LogP contribution in [0, 0.1) is 0 Å². The van der Waals surface area contributed by atoms with Crippen LogP contribution in [0.3, 0.4) is 0 Å². The van der Waals surface area contributed by atoms with Crippen LogP contribution in [0.25, 0.3) is 0 Å². The molecule has 3 nitrogen and oxygen atoms in total. The second kappa shape index (κ2) is 8.38. The Morgan fingerprint density at radius 1 is 1.38 bits per heavy atom. The van der Waals surface area contributed by atoms with E-state index in [-0.39, 0.29) is 6.15 Å². The van der Waals surface area contributed by atoms with Crippen LogP contribution in [0.5, 0.6) is 5.75 Å². The lowest BCUT2D eigenvalue weighted by Crippen LogP contribution is -2.01. The summed E-state index contributed by atoms with van der Waals surface area (Å²) < 4.78 is 5.97. The molecular formula is C11H18N2OS2. The minimum atomic E-state index is 0. The molecule has 1 aromatic rings. The Labute approximate surface area is 106 Å². The maximum absolute atomic E-state index is 5.53. The highest BCUT2D eigenvalue weighted by molar-refractivity contribution is 8.22. The first kappa shape index (κ1) is 15.2. The number of unbranched alkanes of at least 4 members (excludes halogenated alkanes) is 1. The smallest absolute Gasteiger partial charge is 0.135 e. The molecule has 1 aromatic carbocycles. The summed E-state index contributed by atoms with van der Waals surface area (Å²) in [7, 11) is 0. The van der Waals surface area contributed by atoms with Gasteiger partial charge in [0, 0.05) is 4.90 Å². The molecule has 0 atom stereocenters. The fraction of sp³-hybridized carbons (Fsp3) is 0.364. The summed E-state index contributed by atoms with van der Waals surface area (Å²) in [5.41, 5.74) is 5.42. The van der Waals surface area contributed by atoms with Gasteiger partial charge in [-0.25, -0.2) is 0 Å². The van der Waals surface area contributed by atoms with E-state index in [0.717, 1.165) is 30.1 Å². The molecule has 0 saturated carbocycles. The quantitative estimate of drug-likeness (QED) is 0.481. The number of hydrogen-bond acceptors (Lipinski definition) is 4. The van der Waals surface area contributed by atoms with Crippen molar-refractivity contribution in [2.45, 2.75) is 24.7 Å². The highest BCUT2D eigenvalue weighted by Crippen LogP contribution is 2.21. The molecule has 0 bridgehead atoms. The first-order valence-electron chi connectivity index (χ1n) is 4.92. The average Bonchev–Trinajstić information content (AvgIpc) is 2.20. The number of hydrogen-bond donors (Lipinski definition) is 2. The van der Waals surface area contributed by atoms with Gasteiger partial charge in [0.15, 0.2) is 0 Å². The van der Waals surface area contributed by atoms with Crippen LogP contribution < -0.4 is 16.6 Å². The molecule has 0 aliphatic rings. The van der Waals surface area contributed by atoms with E-state index in [1.165, 1.54) is 11.8 Å².